The van der Waals surface area contributed by atoms with Crippen LogP contribution in [0.4, 0.5) is 0 Å². The molecule has 0 unspecified atom stereocenters. The summed E-state index contributed by atoms with van der Waals surface area (Å²) < 4.78 is 11.0. The lowest BCUT2D eigenvalue weighted by Gasteiger charge is -2.17. The van der Waals surface area contributed by atoms with Crippen molar-refractivity contribution in [2.24, 2.45) is 0 Å². The van der Waals surface area contributed by atoms with Gasteiger partial charge < -0.3 is 14.8 Å². The summed E-state index contributed by atoms with van der Waals surface area (Å²) in [5.41, 5.74) is 0. The lowest BCUT2D eigenvalue weighted by atomic mass is 10.2. The Hall–Kier alpha value is -2.14. The third kappa shape index (κ3) is 5.81. The van der Waals surface area contributed by atoms with E-state index in [-0.39, 0.29) is 5.91 Å². The Kier molecular flexibility index (Phi) is 7.49. The second-order valence-corrected chi connectivity index (χ2v) is 6.31. The molecule has 0 saturated carbocycles. The molecule has 128 valence electrons. The Morgan fingerprint density at radius 2 is 1.88 bits per heavy atom. The first kappa shape index (κ1) is 18.2. The lowest BCUT2D eigenvalue weighted by molar-refractivity contribution is -0.127. The molecule has 0 radical (unpaired) electrons. The van der Waals surface area contributed by atoms with Crippen LogP contribution in [-0.4, -0.2) is 31.4 Å². The van der Waals surface area contributed by atoms with Gasteiger partial charge >= 0.3 is 0 Å². The van der Waals surface area contributed by atoms with E-state index in [9.17, 15) is 4.79 Å². The van der Waals surface area contributed by atoms with Gasteiger partial charge in [0.15, 0.2) is 6.10 Å². The molecule has 4 nitrogen and oxygen atoms in total. The van der Waals surface area contributed by atoms with Gasteiger partial charge in [-0.15, -0.1) is 11.8 Å². The highest BCUT2D eigenvalue weighted by Crippen LogP contribution is 2.21. The van der Waals surface area contributed by atoms with Crippen LogP contribution in [0, 0.1) is 0 Å². The van der Waals surface area contributed by atoms with Crippen molar-refractivity contribution in [1.29, 1.82) is 0 Å². The lowest BCUT2D eigenvalue weighted by Crippen LogP contribution is -2.39. The van der Waals surface area contributed by atoms with Crippen LogP contribution in [0.25, 0.3) is 0 Å². The van der Waals surface area contributed by atoms with Gasteiger partial charge in [0.05, 0.1) is 7.11 Å². The molecular weight excluding hydrogens is 322 g/mol. The van der Waals surface area contributed by atoms with E-state index in [1.807, 2.05) is 43.3 Å². The molecule has 0 bridgehead atoms. The number of carbonyl (C=O) groups excluding carboxylic acids is 1. The highest BCUT2D eigenvalue weighted by atomic mass is 32.2. The number of nitrogens with one attached hydrogen (secondary N) is 1. The molecule has 2 aromatic rings. The molecule has 0 aromatic heterocycles. The first-order valence-corrected chi connectivity index (χ1v) is 8.97. The van der Waals surface area contributed by atoms with Gasteiger partial charge in [-0.2, -0.15) is 0 Å². The number of hydrogen-bond donors (Lipinski definition) is 1. The molecule has 0 aliphatic heterocycles. The summed E-state index contributed by atoms with van der Waals surface area (Å²) in [5, 5.41) is 2.94. The summed E-state index contributed by atoms with van der Waals surface area (Å²) in [6.45, 7) is 2.54. The van der Waals surface area contributed by atoms with E-state index in [0.717, 1.165) is 5.75 Å². The van der Waals surface area contributed by atoms with E-state index < -0.39 is 6.10 Å². The number of hydrogen-bond acceptors (Lipinski definition) is 4. The third-order valence-corrected chi connectivity index (χ3v) is 4.41. The molecule has 1 atom stereocenters. The third-order valence-electron chi connectivity index (χ3n) is 3.40. The molecule has 1 N–H and O–H groups in total. The Labute approximate surface area is 147 Å². The normalized spacial score (nSPS) is 11.6. The summed E-state index contributed by atoms with van der Waals surface area (Å²) in [6, 6.07) is 17.4. The zero-order valence-electron chi connectivity index (χ0n) is 14.0. The number of methoxy groups -OCH3 is 1. The molecule has 0 fully saturated rings. The van der Waals surface area contributed by atoms with Crippen molar-refractivity contribution in [3.63, 3.8) is 0 Å². The largest absolute Gasteiger partial charge is 0.497 e. The van der Waals surface area contributed by atoms with E-state index in [1.165, 1.54) is 4.90 Å². The van der Waals surface area contributed by atoms with Crippen LogP contribution in [-0.2, 0) is 4.79 Å². The zero-order chi connectivity index (χ0) is 17.2. The highest BCUT2D eigenvalue weighted by Gasteiger charge is 2.18. The molecule has 0 aliphatic rings. The van der Waals surface area contributed by atoms with Gasteiger partial charge in [0.25, 0.3) is 5.91 Å². The first-order chi connectivity index (χ1) is 11.7. The van der Waals surface area contributed by atoms with Crippen molar-refractivity contribution in [3.05, 3.63) is 54.6 Å². The van der Waals surface area contributed by atoms with Gasteiger partial charge in [-0.3, -0.25) is 4.79 Å². The van der Waals surface area contributed by atoms with Gasteiger partial charge in [0.2, 0.25) is 0 Å². The van der Waals surface area contributed by atoms with Crippen LogP contribution in [0.2, 0.25) is 0 Å². The fourth-order valence-corrected chi connectivity index (χ4v) is 2.92. The van der Waals surface area contributed by atoms with Gasteiger partial charge in [0, 0.05) is 23.3 Å². The second kappa shape index (κ2) is 9.88. The second-order valence-electron chi connectivity index (χ2n) is 5.15. The van der Waals surface area contributed by atoms with Crippen LogP contribution in [0.3, 0.4) is 0 Å². The van der Waals surface area contributed by atoms with Crippen LogP contribution >= 0.6 is 11.8 Å². The van der Waals surface area contributed by atoms with Gasteiger partial charge in [-0.25, -0.2) is 0 Å². The molecule has 0 saturated heterocycles. The van der Waals surface area contributed by atoms with Crippen LogP contribution in [0.5, 0.6) is 11.5 Å². The Morgan fingerprint density at radius 1 is 1.12 bits per heavy atom. The van der Waals surface area contributed by atoms with Crippen molar-refractivity contribution in [3.8, 4) is 11.5 Å². The number of rotatable bonds is 9. The predicted molar refractivity (Wildman–Crippen MR) is 97.9 cm³/mol. The average Bonchev–Trinajstić information content (AvgIpc) is 2.64. The number of benzene rings is 2. The smallest absolute Gasteiger partial charge is 0.261 e. The zero-order valence-corrected chi connectivity index (χ0v) is 14.8. The highest BCUT2D eigenvalue weighted by molar-refractivity contribution is 7.99. The number of amides is 1. The number of ether oxygens (including phenoxy) is 2. The summed E-state index contributed by atoms with van der Waals surface area (Å²) in [7, 11) is 1.60. The summed E-state index contributed by atoms with van der Waals surface area (Å²) in [4.78, 5) is 13.5. The van der Waals surface area contributed by atoms with Crippen LogP contribution < -0.4 is 14.8 Å². The number of thioether (sulfide) groups is 1. The minimum atomic E-state index is -0.501. The maximum atomic E-state index is 12.3. The fourth-order valence-electron chi connectivity index (χ4n) is 2.13. The molecule has 24 heavy (non-hydrogen) atoms. The fraction of sp³-hybridized carbons (Fsp3) is 0.316. The SMILES string of the molecule is CC[C@@H](Oc1cccc(OC)c1)C(=O)NCCSc1ccccc1. The topological polar surface area (TPSA) is 47.6 Å². The first-order valence-electron chi connectivity index (χ1n) is 7.99. The van der Waals surface area contributed by atoms with Crippen molar-refractivity contribution < 1.29 is 14.3 Å². The molecule has 2 aromatic carbocycles. The van der Waals surface area contributed by atoms with Gasteiger partial charge in [0.1, 0.15) is 11.5 Å². The van der Waals surface area contributed by atoms with E-state index in [0.29, 0.717) is 24.5 Å². The Bertz CT molecular complexity index is 634. The minimum Gasteiger partial charge on any atom is -0.497 e. The quantitative estimate of drug-likeness (QED) is 0.555. The van der Waals surface area contributed by atoms with Crippen molar-refractivity contribution in [2.45, 2.75) is 24.3 Å². The Morgan fingerprint density at radius 3 is 2.58 bits per heavy atom. The molecule has 5 heteroatoms. The Balaban J connectivity index is 1.78. The average molecular weight is 345 g/mol. The predicted octanol–water partition coefficient (Wildman–Crippen LogP) is 3.76. The molecule has 1 amide bonds. The van der Waals surface area contributed by atoms with E-state index in [1.54, 1.807) is 24.9 Å². The summed E-state index contributed by atoms with van der Waals surface area (Å²) in [6.07, 6.45) is 0.105. The molecule has 0 spiro atoms. The minimum absolute atomic E-state index is 0.0889. The summed E-state index contributed by atoms with van der Waals surface area (Å²) in [5.74, 6) is 2.08. The van der Waals surface area contributed by atoms with Crippen molar-refractivity contribution in [2.75, 3.05) is 19.4 Å². The number of carbonyl (C=O) groups is 1. The monoisotopic (exact) mass is 345 g/mol. The maximum Gasteiger partial charge on any atom is 0.261 e. The van der Waals surface area contributed by atoms with Gasteiger partial charge in [-0.05, 0) is 30.7 Å². The molecule has 0 aliphatic carbocycles. The van der Waals surface area contributed by atoms with Crippen molar-refractivity contribution >= 4 is 17.7 Å². The van der Waals surface area contributed by atoms with Crippen molar-refractivity contribution in [1.82, 2.24) is 5.32 Å². The molecular formula is C19H23NO3S. The van der Waals surface area contributed by atoms with E-state index in [2.05, 4.69) is 17.4 Å². The maximum absolute atomic E-state index is 12.3. The van der Waals surface area contributed by atoms with Crippen LogP contribution in [0.15, 0.2) is 59.5 Å². The van der Waals surface area contributed by atoms with E-state index in [4.69, 9.17) is 9.47 Å². The molecule has 0 heterocycles. The standard InChI is InChI=1S/C19H23NO3S/c1-3-18(23-16-9-7-8-15(14-16)22-2)19(21)20-12-13-24-17-10-5-4-6-11-17/h4-11,14,18H,3,12-13H2,1-2H3,(H,20,21)/t18-/m1/s1. The molecule has 2 rings (SSSR count). The van der Waals surface area contributed by atoms with Gasteiger partial charge in [-0.1, -0.05) is 31.2 Å². The van der Waals surface area contributed by atoms with Crippen LogP contribution in [0.1, 0.15) is 13.3 Å². The van der Waals surface area contributed by atoms with E-state index >= 15 is 0 Å². The summed E-state index contributed by atoms with van der Waals surface area (Å²) >= 11 is 1.72.